The second-order valence-corrected chi connectivity index (χ2v) is 3.04. The van der Waals surface area contributed by atoms with Gasteiger partial charge in [0.2, 0.25) is 0 Å². The molecule has 1 nitrogen and oxygen atoms in total. The van der Waals surface area contributed by atoms with Crippen molar-refractivity contribution in [2.75, 3.05) is 0 Å². The van der Waals surface area contributed by atoms with E-state index in [1.807, 2.05) is 12.2 Å². The molecule has 0 saturated heterocycles. The van der Waals surface area contributed by atoms with E-state index in [0.29, 0.717) is 6.42 Å². The van der Waals surface area contributed by atoms with Crippen LogP contribution in [0, 0.1) is 11.3 Å². The minimum absolute atomic E-state index is 0.518. The summed E-state index contributed by atoms with van der Waals surface area (Å²) in [4.78, 5) is 0. The summed E-state index contributed by atoms with van der Waals surface area (Å²) in [6.07, 6.45) is 17.5. The summed E-state index contributed by atoms with van der Waals surface area (Å²) >= 11 is 0. The standard InChI is InChI=1S/C13H19N/c1-2-3-4-5-6-7-8-9-10-11-12-13-14/h4-5,7-8,10-11H,2-3,6,9,12H2,1H3/b5-4+,8-7+,11-10+. The smallest absolute Gasteiger partial charge is 0.0663 e. The Bertz CT molecular complexity index is 228. The van der Waals surface area contributed by atoms with Crippen molar-refractivity contribution in [3.05, 3.63) is 36.5 Å². The number of hydrogen-bond donors (Lipinski definition) is 0. The molecule has 0 rings (SSSR count). The average molecular weight is 189 g/mol. The molecule has 76 valence electrons. The van der Waals surface area contributed by atoms with E-state index in [1.54, 1.807) is 0 Å². The van der Waals surface area contributed by atoms with Crippen molar-refractivity contribution in [1.82, 2.24) is 0 Å². The molecule has 0 bridgehead atoms. The van der Waals surface area contributed by atoms with Crippen LogP contribution < -0.4 is 0 Å². The topological polar surface area (TPSA) is 23.8 Å². The van der Waals surface area contributed by atoms with Crippen LogP contribution in [0.2, 0.25) is 0 Å². The zero-order chi connectivity index (χ0) is 10.5. The van der Waals surface area contributed by atoms with Gasteiger partial charge < -0.3 is 0 Å². The first-order valence-corrected chi connectivity index (χ1v) is 5.23. The molecule has 0 radical (unpaired) electrons. The van der Waals surface area contributed by atoms with Gasteiger partial charge in [-0.1, -0.05) is 49.8 Å². The van der Waals surface area contributed by atoms with Crippen LogP contribution >= 0.6 is 0 Å². The number of unbranched alkanes of at least 4 members (excludes halogenated alkanes) is 1. The molecule has 0 aliphatic carbocycles. The summed E-state index contributed by atoms with van der Waals surface area (Å²) in [5, 5.41) is 8.26. The predicted octanol–water partition coefficient (Wildman–Crippen LogP) is 4.15. The summed E-state index contributed by atoms with van der Waals surface area (Å²) in [7, 11) is 0. The highest BCUT2D eigenvalue weighted by Crippen LogP contribution is 1.94. The van der Waals surface area contributed by atoms with Crippen LogP contribution in [0.1, 0.15) is 39.0 Å². The molecule has 0 spiro atoms. The van der Waals surface area contributed by atoms with Gasteiger partial charge in [-0.05, 0) is 19.3 Å². The Morgan fingerprint density at radius 1 is 0.929 bits per heavy atom. The first-order valence-electron chi connectivity index (χ1n) is 5.23. The molecule has 14 heavy (non-hydrogen) atoms. The molecular weight excluding hydrogens is 170 g/mol. The summed E-state index contributed by atoms with van der Waals surface area (Å²) in [5.74, 6) is 0. The Morgan fingerprint density at radius 3 is 2.07 bits per heavy atom. The third-order valence-electron chi connectivity index (χ3n) is 1.71. The van der Waals surface area contributed by atoms with Gasteiger partial charge >= 0.3 is 0 Å². The number of nitrogens with zero attached hydrogens (tertiary/aromatic N) is 1. The zero-order valence-electron chi connectivity index (χ0n) is 8.95. The van der Waals surface area contributed by atoms with E-state index >= 15 is 0 Å². The molecule has 0 atom stereocenters. The highest BCUT2D eigenvalue weighted by molar-refractivity contribution is 4.98. The van der Waals surface area contributed by atoms with Gasteiger partial charge in [0.05, 0.1) is 12.5 Å². The van der Waals surface area contributed by atoms with Gasteiger partial charge in [0.1, 0.15) is 0 Å². The van der Waals surface area contributed by atoms with E-state index in [1.165, 1.54) is 12.8 Å². The molecule has 0 aromatic rings. The molecule has 0 saturated carbocycles. The van der Waals surface area contributed by atoms with Gasteiger partial charge in [0.25, 0.3) is 0 Å². The highest BCUT2D eigenvalue weighted by Gasteiger charge is 1.74. The van der Waals surface area contributed by atoms with Crippen molar-refractivity contribution in [2.45, 2.75) is 39.0 Å². The lowest BCUT2D eigenvalue weighted by Gasteiger charge is -1.84. The van der Waals surface area contributed by atoms with Crippen molar-refractivity contribution in [3.63, 3.8) is 0 Å². The monoisotopic (exact) mass is 189 g/mol. The molecule has 0 aromatic carbocycles. The third kappa shape index (κ3) is 10.7. The SMILES string of the molecule is CCC/C=C/C/C=C/C/C=C/CC#N. The molecule has 0 heterocycles. The quantitative estimate of drug-likeness (QED) is 0.552. The highest BCUT2D eigenvalue weighted by atomic mass is 14.2. The first-order chi connectivity index (χ1) is 6.91. The lowest BCUT2D eigenvalue weighted by molar-refractivity contribution is 0.954. The third-order valence-corrected chi connectivity index (χ3v) is 1.71. The molecule has 1 heteroatoms. The van der Waals surface area contributed by atoms with E-state index in [4.69, 9.17) is 5.26 Å². The van der Waals surface area contributed by atoms with E-state index < -0.39 is 0 Å². The molecule has 0 N–H and O–H groups in total. The summed E-state index contributed by atoms with van der Waals surface area (Å²) < 4.78 is 0. The van der Waals surface area contributed by atoms with Gasteiger partial charge in [-0.25, -0.2) is 0 Å². The zero-order valence-corrected chi connectivity index (χ0v) is 8.95. The number of hydrogen-bond acceptors (Lipinski definition) is 1. The molecule has 0 amide bonds. The predicted molar refractivity (Wildman–Crippen MR) is 61.8 cm³/mol. The number of allylic oxidation sites excluding steroid dienone is 6. The van der Waals surface area contributed by atoms with Crippen LogP contribution in [-0.4, -0.2) is 0 Å². The summed E-state index contributed by atoms with van der Waals surface area (Å²) in [5.41, 5.74) is 0. The molecule has 0 aromatic heterocycles. The molecule has 0 unspecified atom stereocenters. The van der Waals surface area contributed by atoms with Crippen molar-refractivity contribution >= 4 is 0 Å². The van der Waals surface area contributed by atoms with Crippen molar-refractivity contribution in [1.29, 1.82) is 5.26 Å². The lowest BCUT2D eigenvalue weighted by atomic mass is 10.2. The maximum absolute atomic E-state index is 8.26. The lowest BCUT2D eigenvalue weighted by Crippen LogP contribution is -1.64. The minimum atomic E-state index is 0.518. The summed E-state index contributed by atoms with van der Waals surface area (Å²) in [6, 6.07) is 2.07. The van der Waals surface area contributed by atoms with Crippen LogP contribution in [0.3, 0.4) is 0 Å². The fourth-order valence-corrected chi connectivity index (χ4v) is 0.963. The first kappa shape index (κ1) is 12.7. The summed E-state index contributed by atoms with van der Waals surface area (Å²) in [6.45, 7) is 2.18. The van der Waals surface area contributed by atoms with Gasteiger partial charge in [-0.2, -0.15) is 5.26 Å². The van der Waals surface area contributed by atoms with Gasteiger partial charge in [0, 0.05) is 0 Å². The number of nitriles is 1. The van der Waals surface area contributed by atoms with Crippen LogP contribution in [0.4, 0.5) is 0 Å². The maximum Gasteiger partial charge on any atom is 0.0663 e. The second kappa shape index (κ2) is 11.7. The Labute approximate surface area is 87.4 Å². The largest absolute Gasteiger partial charge is 0.198 e. The van der Waals surface area contributed by atoms with E-state index in [2.05, 4.69) is 37.3 Å². The average Bonchev–Trinajstić information content (AvgIpc) is 2.21. The maximum atomic E-state index is 8.26. The Morgan fingerprint density at radius 2 is 1.50 bits per heavy atom. The number of rotatable bonds is 7. The Hall–Kier alpha value is -1.29. The normalized spacial score (nSPS) is 11.7. The van der Waals surface area contributed by atoms with Gasteiger partial charge in [-0.15, -0.1) is 0 Å². The van der Waals surface area contributed by atoms with Crippen molar-refractivity contribution in [2.24, 2.45) is 0 Å². The molecule has 0 aliphatic heterocycles. The van der Waals surface area contributed by atoms with Crippen molar-refractivity contribution < 1.29 is 0 Å². The fraction of sp³-hybridized carbons (Fsp3) is 0.462. The van der Waals surface area contributed by atoms with Crippen LogP contribution in [-0.2, 0) is 0 Å². The van der Waals surface area contributed by atoms with E-state index in [0.717, 1.165) is 12.8 Å². The fourth-order valence-electron chi connectivity index (χ4n) is 0.963. The Balaban J connectivity index is 3.32. The van der Waals surface area contributed by atoms with Gasteiger partial charge in [-0.3, -0.25) is 0 Å². The van der Waals surface area contributed by atoms with Crippen molar-refractivity contribution in [3.8, 4) is 6.07 Å². The molecular formula is C13H19N. The molecule has 0 fully saturated rings. The van der Waals surface area contributed by atoms with Crippen LogP contribution in [0.5, 0.6) is 0 Å². The van der Waals surface area contributed by atoms with Gasteiger partial charge in [0.15, 0.2) is 0 Å². The van der Waals surface area contributed by atoms with Crippen LogP contribution in [0.25, 0.3) is 0 Å². The van der Waals surface area contributed by atoms with Crippen LogP contribution in [0.15, 0.2) is 36.5 Å². The minimum Gasteiger partial charge on any atom is -0.198 e. The van der Waals surface area contributed by atoms with E-state index in [9.17, 15) is 0 Å². The van der Waals surface area contributed by atoms with E-state index in [-0.39, 0.29) is 0 Å². The molecule has 0 aliphatic rings. The second-order valence-electron chi connectivity index (χ2n) is 3.04. The Kier molecular flexibility index (Phi) is 10.6.